The van der Waals surface area contributed by atoms with Gasteiger partial charge in [0, 0.05) is 18.6 Å². The Morgan fingerprint density at radius 1 is 0.897 bits per heavy atom. The smallest absolute Gasteiger partial charge is 0.237 e. The average molecular weight is 542 g/mol. The summed E-state index contributed by atoms with van der Waals surface area (Å²) in [7, 11) is 0. The minimum Gasteiger partial charge on any atom is -0.530 e. The number of nitrogens with two attached hydrogens (primary N) is 1. The van der Waals surface area contributed by atoms with Crippen LogP contribution in [0.1, 0.15) is 45.7 Å². The van der Waals surface area contributed by atoms with Gasteiger partial charge in [0.2, 0.25) is 5.91 Å². The maximum atomic E-state index is 12.7. The highest BCUT2D eigenvalue weighted by molar-refractivity contribution is 5.82. The van der Waals surface area contributed by atoms with Crippen molar-refractivity contribution in [2.75, 3.05) is 13.1 Å². The zero-order valence-corrected chi connectivity index (χ0v) is 23.7. The number of aliphatic hydroxyl groups excluding tert-OH is 2. The first-order valence-corrected chi connectivity index (χ1v) is 13.5. The molecule has 9 heteroatoms. The molecule has 0 aliphatic rings. The second-order valence-corrected chi connectivity index (χ2v) is 11.4. The fraction of sp³-hybridized carbons (Fsp3) is 0.533. The van der Waals surface area contributed by atoms with E-state index in [1.165, 1.54) is 4.90 Å². The summed E-state index contributed by atoms with van der Waals surface area (Å²) >= 11 is 0. The molecule has 0 heterocycles. The number of aliphatic hydroxyl groups is 2. The molecule has 2 amide bonds. The van der Waals surface area contributed by atoms with Gasteiger partial charge in [-0.05, 0) is 50.7 Å². The molecule has 39 heavy (non-hydrogen) atoms. The molecule has 0 radical (unpaired) electrons. The quantitative estimate of drug-likeness (QED) is 0.240. The fourth-order valence-corrected chi connectivity index (χ4v) is 4.55. The SMILES string of the molecule is CC(C)[C@H](N)C(=O)N[C@@H](Cc1ccccc1)[C@H](O)CNC[C@@H](O)[C@H](Cc1ccccc1)N(C(=O)[O-])C(C)(C)C. The van der Waals surface area contributed by atoms with Crippen molar-refractivity contribution < 1.29 is 24.9 Å². The van der Waals surface area contributed by atoms with E-state index in [0.29, 0.717) is 6.42 Å². The van der Waals surface area contributed by atoms with Crippen LogP contribution in [0.5, 0.6) is 0 Å². The number of nitrogens with one attached hydrogen (secondary N) is 2. The van der Waals surface area contributed by atoms with Crippen LogP contribution >= 0.6 is 0 Å². The monoisotopic (exact) mass is 541 g/mol. The number of hydrogen-bond donors (Lipinski definition) is 5. The minimum atomic E-state index is -1.37. The number of benzene rings is 2. The molecular weight excluding hydrogens is 496 g/mol. The van der Waals surface area contributed by atoms with Crippen LogP contribution in [0.2, 0.25) is 0 Å². The van der Waals surface area contributed by atoms with Gasteiger partial charge in [0.15, 0.2) is 0 Å². The summed E-state index contributed by atoms with van der Waals surface area (Å²) in [6, 6.07) is 16.7. The molecule has 0 unspecified atom stereocenters. The number of nitrogens with zero attached hydrogens (tertiary/aromatic N) is 1. The molecule has 0 bridgehead atoms. The molecule has 0 spiro atoms. The van der Waals surface area contributed by atoms with Crippen molar-refractivity contribution in [2.24, 2.45) is 11.7 Å². The molecule has 0 saturated heterocycles. The normalized spacial score (nSPS) is 15.7. The summed E-state index contributed by atoms with van der Waals surface area (Å²) < 4.78 is 0. The Morgan fingerprint density at radius 2 is 1.38 bits per heavy atom. The van der Waals surface area contributed by atoms with Crippen LogP contribution in [0.25, 0.3) is 0 Å². The Hall–Kier alpha value is -2.98. The second kappa shape index (κ2) is 15.0. The predicted octanol–water partition coefficient (Wildman–Crippen LogP) is 1.06. The third-order valence-electron chi connectivity index (χ3n) is 6.80. The largest absolute Gasteiger partial charge is 0.530 e. The van der Waals surface area contributed by atoms with Gasteiger partial charge in [0.1, 0.15) is 6.09 Å². The highest BCUT2D eigenvalue weighted by Gasteiger charge is 2.34. The van der Waals surface area contributed by atoms with E-state index in [1.807, 2.05) is 74.5 Å². The Morgan fingerprint density at radius 3 is 1.85 bits per heavy atom. The highest BCUT2D eigenvalue weighted by atomic mass is 16.4. The van der Waals surface area contributed by atoms with Crippen LogP contribution in [0, 0.1) is 5.92 Å². The number of amides is 2. The standard InChI is InChI=1S/C30H46N4O5/c1-20(2)27(31)28(37)33-23(16-21-12-8-6-9-13-21)25(35)18-32-19-26(36)24(17-22-14-10-7-11-15-22)34(29(38)39)30(3,4)5/h6-15,20,23-27,32,35-36H,16-19,31H2,1-5H3,(H,33,37)(H,38,39)/p-1/t23-,24-,25+,26+,27-/m0/s1. The van der Waals surface area contributed by atoms with Crippen molar-refractivity contribution in [3.8, 4) is 0 Å². The molecule has 5 atom stereocenters. The van der Waals surface area contributed by atoms with Crippen molar-refractivity contribution in [3.05, 3.63) is 71.8 Å². The number of rotatable bonds is 14. The van der Waals surface area contributed by atoms with Crippen LogP contribution in [-0.2, 0) is 17.6 Å². The van der Waals surface area contributed by atoms with Crippen molar-refractivity contribution in [2.45, 2.75) is 83.3 Å². The first-order chi connectivity index (χ1) is 18.3. The van der Waals surface area contributed by atoms with E-state index in [-0.39, 0.29) is 31.3 Å². The van der Waals surface area contributed by atoms with E-state index in [9.17, 15) is 24.9 Å². The van der Waals surface area contributed by atoms with Crippen LogP contribution in [0.4, 0.5) is 4.79 Å². The maximum Gasteiger partial charge on any atom is 0.237 e. The lowest BCUT2D eigenvalue weighted by molar-refractivity contribution is -0.275. The van der Waals surface area contributed by atoms with Crippen molar-refractivity contribution >= 4 is 12.0 Å². The Kier molecular flexibility index (Phi) is 12.4. The van der Waals surface area contributed by atoms with Crippen molar-refractivity contribution in [1.29, 1.82) is 0 Å². The lowest BCUT2D eigenvalue weighted by Gasteiger charge is -2.45. The van der Waals surface area contributed by atoms with Crippen LogP contribution in [0.15, 0.2) is 60.7 Å². The topological polar surface area (TPSA) is 151 Å². The molecule has 0 fully saturated rings. The van der Waals surface area contributed by atoms with E-state index >= 15 is 0 Å². The first-order valence-electron chi connectivity index (χ1n) is 13.5. The third-order valence-corrected chi connectivity index (χ3v) is 6.80. The zero-order valence-electron chi connectivity index (χ0n) is 23.7. The Balaban J connectivity index is 2.13. The zero-order chi connectivity index (χ0) is 29.2. The number of carboxylic acid groups (broad SMARTS) is 1. The maximum absolute atomic E-state index is 12.7. The minimum absolute atomic E-state index is 0.0198. The van der Waals surface area contributed by atoms with Crippen LogP contribution in [0.3, 0.4) is 0 Å². The van der Waals surface area contributed by atoms with Crippen LogP contribution < -0.4 is 21.5 Å². The molecule has 216 valence electrons. The average Bonchev–Trinajstić information content (AvgIpc) is 2.87. The summed E-state index contributed by atoms with van der Waals surface area (Å²) in [4.78, 5) is 26.0. The lowest BCUT2D eigenvalue weighted by atomic mass is 9.94. The molecular formula is C30H45N4O5-. The number of hydrogen-bond acceptors (Lipinski definition) is 7. The Bertz CT molecular complexity index is 1010. The van der Waals surface area contributed by atoms with Gasteiger partial charge in [0.05, 0.1) is 30.3 Å². The fourth-order valence-electron chi connectivity index (χ4n) is 4.55. The molecule has 0 aliphatic carbocycles. The molecule has 0 aromatic heterocycles. The third kappa shape index (κ3) is 10.3. The summed E-state index contributed by atoms with van der Waals surface area (Å²) in [6.07, 6.45) is -2.77. The second-order valence-electron chi connectivity index (χ2n) is 11.4. The highest BCUT2D eigenvalue weighted by Crippen LogP contribution is 2.22. The van der Waals surface area contributed by atoms with E-state index < -0.39 is 42.0 Å². The first kappa shape index (κ1) is 32.2. The Labute approximate surface area is 232 Å². The van der Waals surface area contributed by atoms with Gasteiger partial charge in [-0.15, -0.1) is 0 Å². The summed E-state index contributed by atoms with van der Waals surface area (Å²) in [5.41, 5.74) is 7.04. The van der Waals surface area contributed by atoms with E-state index in [2.05, 4.69) is 10.6 Å². The van der Waals surface area contributed by atoms with E-state index in [0.717, 1.165) is 11.1 Å². The number of carbonyl (C=O) groups is 2. The summed E-state index contributed by atoms with van der Waals surface area (Å²) in [5.74, 6) is -0.411. The van der Waals surface area contributed by atoms with Gasteiger partial charge < -0.3 is 41.4 Å². The number of carbonyl (C=O) groups excluding carboxylic acids is 2. The summed E-state index contributed by atoms with van der Waals surface area (Å²) in [5, 5.41) is 40.3. The molecule has 2 aromatic rings. The molecule has 6 N–H and O–H groups in total. The molecule has 2 rings (SSSR count). The van der Waals surface area contributed by atoms with Crippen LogP contribution in [-0.4, -0.2) is 76.1 Å². The van der Waals surface area contributed by atoms with Gasteiger partial charge in [0.25, 0.3) is 0 Å². The van der Waals surface area contributed by atoms with Gasteiger partial charge >= 0.3 is 0 Å². The summed E-state index contributed by atoms with van der Waals surface area (Å²) in [6.45, 7) is 9.05. The van der Waals surface area contributed by atoms with Crippen molar-refractivity contribution in [1.82, 2.24) is 15.5 Å². The van der Waals surface area contributed by atoms with Crippen molar-refractivity contribution in [3.63, 3.8) is 0 Å². The molecule has 9 nitrogen and oxygen atoms in total. The molecule has 2 aromatic carbocycles. The van der Waals surface area contributed by atoms with Gasteiger partial charge in [-0.1, -0.05) is 74.5 Å². The molecule has 0 saturated carbocycles. The predicted molar refractivity (Wildman–Crippen MR) is 151 cm³/mol. The van der Waals surface area contributed by atoms with Gasteiger partial charge in [-0.2, -0.15) is 0 Å². The van der Waals surface area contributed by atoms with E-state index in [1.54, 1.807) is 20.8 Å². The molecule has 0 aliphatic heterocycles. The van der Waals surface area contributed by atoms with Gasteiger partial charge in [-0.3, -0.25) is 4.79 Å². The van der Waals surface area contributed by atoms with E-state index in [4.69, 9.17) is 5.73 Å². The van der Waals surface area contributed by atoms with Gasteiger partial charge in [-0.25, -0.2) is 0 Å². The lowest BCUT2D eigenvalue weighted by Crippen LogP contribution is -2.62.